The van der Waals surface area contributed by atoms with Gasteiger partial charge in [-0.15, -0.1) is 0 Å². The summed E-state index contributed by atoms with van der Waals surface area (Å²) in [5, 5.41) is 2.67. The highest BCUT2D eigenvalue weighted by Crippen LogP contribution is 2.26. The second-order valence-electron chi connectivity index (χ2n) is 6.87. The van der Waals surface area contributed by atoms with E-state index in [1.165, 1.54) is 4.90 Å². The number of hydrogen-bond donors (Lipinski definition) is 1. The Kier molecular flexibility index (Phi) is 5.75. The fourth-order valence-electron chi connectivity index (χ4n) is 3.39. The summed E-state index contributed by atoms with van der Waals surface area (Å²) in [7, 11) is 1.61. The van der Waals surface area contributed by atoms with Crippen LogP contribution in [0.2, 0.25) is 0 Å². The van der Waals surface area contributed by atoms with Crippen molar-refractivity contribution in [3.63, 3.8) is 0 Å². The molecule has 0 atom stereocenters. The zero-order chi connectivity index (χ0) is 22.1. The van der Waals surface area contributed by atoms with E-state index in [2.05, 4.69) is 21.2 Å². The number of amides is 2. The van der Waals surface area contributed by atoms with E-state index >= 15 is 0 Å². The molecule has 0 bridgehead atoms. The molecule has 31 heavy (non-hydrogen) atoms. The van der Waals surface area contributed by atoms with Gasteiger partial charge in [0.05, 0.1) is 12.8 Å². The summed E-state index contributed by atoms with van der Waals surface area (Å²) in [6.07, 6.45) is 1.59. The lowest BCUT2D eigenvalue weighted by Crippen LogP contribution is -2.54. The Hall–Kier alpha value is -3.23. The highest BCUT2D eigenvalue weighted by Gasteiger charge is 2.34. The van der Waals surface area contributed by atoms with Crippen molar-refractivity contribution in [1.29, 1.82) is 0 Å². The summed E-state index contributed by atoms with van der Waals surface area (Å²) in [6, 6.07) is 18.5. The highest BCUT2D eigenvalue weighted by molar-refractivity contribution is 9.10. The number of hydrogen-bond acceptors (Lipinski definition) is 4. The largest absolute Gasteiger partial charge is 0.497 e. The molecule has 2 amide bonds. The van der Waals surface area contributed by atoms with Crippen molar-refractivity contribution in [1.82, 2.24) is 9.88 Å². The van der Waals surface area contributed by atoms with Gasteiger partial charge in [-0.05, 0) is 85.9 Å². The number of carbonyl (C=O) groups excluding carboxylic acids is 2. The average Bonchev–Trinajstić information content (AvgIpc) is 3.12. The number of nitrogens with one attached hydrogen (secondary N) is 1. The molecule has 1 N–H and O–H groups in total. The predicted octanol–water partition coefficient (Wildman–Crippen LogP) is 4.39. The van der Waals surface area contributed by atoms with Crippen LogP contribution in [0.1, 0.15) is 11.4 Å². The SMILES string of the molecule is COc1ccc(-n2c(C)ccc2/C=C2\C(=O)NC(=S)N(c3ccc(Br)cc3)C2=O)cc1. The Morgan fingerprint density at radius 2 is 1.61 bits per heavy atom. The number of carbonyl (C=O) groups is 2. The van der Waals surface area contributed by atoms with Gasteiger partial charge in [-0.2, -0.15) is 0 Å². The van der Waals surface area contributed by atoms with Gasteiger partial charge in [0.1, 0.15) is 11.3 Å². The van der Waals surface area contributed by atoms with Crippen LogP contribution in [0, 0.1) is 6.92 Å². The quantitative estimate of drug-likeness (QED) is 0.331. The van der Waals surface area contributed by atoms with E-state index in [9.17, 15) is 9.59 Å². The van der Waals surface area contributed by atoms with E-state index in [4.69, 9.17) is 17.0 Å². The molecule has 0 saturated carbocycles. The molecular formula is C23H18BrN3O3S. The number of aromatic nitrogens is 1. The number of thiocarbonyl (C=S) groups is 1. The molecule has 8 heteroatoms. The number of methoxy groups -OCH3 is 1. The summed E-state index contributed by atoms with van der Waals surface area (Å²) in [6.45, 7) is 1.96. The van der Waals surface area contributed by atoms with Gasteiger partial charge in [0.15, 0.2) is 5.11 Å². The lowest BCUT2D eigenvalue weighted by atomic mass is 10.1. The first-order chi connectivity index (χ1) is 14.9. The number of rotatable bonds is 4. The second-order valence-corrected chi connectivity index (χ2v) is 8.17. The summed E-state index contributed by atoms with van der Waals surface area (Å²) in [5.74, 6) is -0.256. The molecular weight excluding hydrogens is 478 g/mol. The zero-order valence-electron chi connectivity index (χ0n) is 16.8. The minimum atomic E-state index is -0.525. The Morgan fingerprint density at radius 3 is 2.26 bits per heavy atom. The number of nitrogens with zero attached hydrogens (tertiary/aromatic N) is 2. The van der Waals surface area contributed by atoms with E-state index in [1.807, 2.05) is 60.0 Å². The summed E-state index contributed by atoms with van der Waals surface area (Å²) >= 11 is 8.64. The maximum absolute atomic E-state index is 13.2. The molecule has 4 rings (SSSR count). The van der Waals surface area contributed by atoms with E-state index in [-0.39, 0.29) is 10.7 Å². The molecule has 1 fully saturated rings. The Morgan fingerprint density at radius 1 is 0.968 bits per heavy atom. The molecule has 1 aromatic heterocycles. The third-order valence-corrected chi connectivity index (χ3v) is 5.73. The molecule has 3 aromatic rings. The van der Waals surface area contributed by atoms with Crippen molar-refractivity contribution < 1.29 is 14.3 Å². The molecule has 6 nitrogen and oxygen atoms in total. The van der Waals surface area contributed by atoms with Crippen LogP contribution < -0.4 is 15.0 Å². The lowest BCUT2D eigenvalue weighted by Gasteiger charge is -2.29. The summed E-state index contributed by atoms with van der Waals surface area (Å²) < 4.78 is 8.06. The average molecular weight is 496 g/mol. The van der Waals surface area contributed by atoms with Crippen LogP contribution >= 0.6 is 28.1 Å². The molecule has 1 aliphatic rings. The third-order valence-electron chi connectivity index (χ3n) is 4.92. The van der Waals surface area contributed by atoms with Gasteiger partial charge in [-0.25, -0.2) is 0 Å². The Bertz CT molecular complexity index is 1210. The van der Waals surface area contributed by atoms with E-state index in [0.717, 1.165) is 21.6 Å². The molecule has 1 saturated heterocycles. The van der Waals surface area contributed by atoms with E-state index in [0.29, 0.717) is 11.4 Å². The first-order valence-corrected chi connectivity index (χ1v) is 10.6. The minimum Gasteiger partial charge on any atom is -0.497 e. The monoisotopic (exact) mass is 495 g/mol. The number of ether oxygens (including phenoxy) is 1. The van der Waals surface area contributed by atoms with Gasteiger partial charge in [-0.1, -0.05) is 15.9 Å². The van der Waals surface area contributed by atoms with E-state index in [1.54, 1.807) is 25.3 Å². The van der Waals surface area contributed by atoms with Crippen molar-refractivity contribution in [2.75, 3.05) is 12.0 Å². The molecule has 0 spiro atoms. The third kappa shape index (κ3) is 4.04. The molecule has 1 aliphatic heterocycles. The predicted molar refractivity (Wildman–Crippen MR) is 127 cm³/mol. The molecule has 0 aliphatic carbocycles. The van der Waals surface area contributed by atoms with Crippen molar-refractivity contribution >= 4 is 56.8 Å². The molecule has 0 radical (unpaired) electrons. The van der Waals surface area contributed by atoms with Crippen molar-refractivity contribution in [3.8, 4) is 11.4 Å². The van der Waals surface area contributed by atoms with Crippen LogP contribution in [0.3, 0.4) is 0 Å². The molecule has 2 heterocycles. The van der Waals surface area contributed by atoms with Crippen LogP contribution in [0.25, 0.3) is 11.8 Å². The normalized spacial score (nSPS) is 15.4. The van der Waals surface area contributed by atoms with Crippen molar-refractivity contribution in [2.45, 2.75) is 6.92 Å². The maximum atomic E-state index is 13.2. The fraction of sp³-hybridized carbons (Fsp3) is 0.0870. The molecule has 2 aromatic carbocycles. The highest BCUT2D eigenvalue weighted by atomic mass is 79.9. The topological polar surface area (TPSA) is 63.6 Å². The van der Waals surface area contributed by atoms with Gasteiger partial charge in [-0.3, -0.25) is 19.8 Å². The summed E-state index contributed by atoms with van der Waals surface area (Å²) in [4.78, 5) is 27.2. The number of anilines is 1. The van der Waals surface area contributed by atoms with Gasteiger partial charge >= 0.3 is 0 Å². The van der Waals surface area contributed by atoms with Gasteiger partial charge in [0.2, 0.25) is 0 Å². The van der Waals surface area contributed by atoms with Crippen molar-refractivity contribution in [2.24, 2.45) is 0 Å². The van der Waals surface area contributed by atoms with Crippen LogP contribution in [0.15, 0.2) is 70.7 Å². The first-order valence-electron chi connectivity index (χ1n) is 9.39. The standard InChI is InChI=1S/C23H18BrN3O3S/c1-14-3-6-18(26(14)16-9-11-19(30-2)12-10-16)13-20-21(28)25-23(31)27(22(20)29)17-7-4-15(24)5-8-17/h3-13H,1-2H3,(H,25,28,31)/b20-13+. The minimum absolute atomic E-state index is 0.00406. The van der Waals surface area contributed by atoms with Gasteiger partial charge in [0, 0.05) is 21.5 Å². The summed E-state index contributed by atoms with van der Waals surface area (Å²) in [5.41, 5.74) is 3.13. The Labute approximate surface area is 193 Å². The smallest absolute Gasteiger partial charge is 0.270 e. The maximum Gasteiger partial charge on any atom is 0.270 e. The fourth-order valence-corrected chi connectivity index (χ4v) is 3.93. The van der Waals surface area contributed by atoms with Gasteiger partial charge < -0.3 is 9.30 Å². The van der Waals surface area contributed by atoms with E-state index < -0.39 is 11.8 Å². The van der Waals surface area contributed by atoms with Gasteiger partial charge in [0.25, 0.3) is 11.8 Å². The molecule has 156 valence electrons. The number of benzene rings is 2. The lowest BCUT2D eigenvalue weighted by molar-refractivity contribution is -0.122. The van der Waals surface area contributed by atoms with Crippen LogP contribution in [0.4, 0.5) is 5.69 Å². The first kappa shape index (κ1) is 21.0. The zero-order valence-corrected chi connectivity index (χ0v) is 19.2. The number of halogens is 1. The van der Waals surface area contributed by atoms with Crippen LogP contribution in [-0.2, 0) is 9.59 Å². The second kappa shape index (κ2) is 8.49. The Balaban J connectivity index is 1.75. The van der Waals surface area contributed by atoms with Crippen molar-refractivity contribution in [3.05, 3.63) is 82.1 Å². The van der Waals surface area contributed by atoms with Crippen LogP contribution in [-0.4, -0.2) is 28.6 Å². The molecule has 0 unspecified atom stereocenters. The number of aryl methyl sites for hydroxylation is 1. The van der Waals surface area contributed by atoms with Crippen LogP contribution in [0.5, 0.6) is 5.75 Å².